The lowest BCUT2D eigenvalue weighted by atomic mass is 10.1. The monoisotopic (exact) mass is 286 g/mol. The summed E-state index contributed by atoms with van der Waals surface area (Å²) >= 11 is 0. The summed E-state index contributed by atoms with van der Waals surface area (Å²) in [5, 5.41) is 0. The molecule has 8 heteroatoms. The molecule has 2 unspecified atom stereocenters. The molecule has 1 aliphatic heterocycles. The predicted molar refractivity (Wildman–Crippen MR) is 76.0 cm³/mol. The third-order valence-corrected chi connectivity index (χ3v) is 3.88. The number of hydrogen-bond acceptors (Lipinski definition) is 6. The van der Waals surface area contributed by atoms with E-state index in [1.54, 1.807) is 0 Å². The second-order valence-corrected chi connectivity index (χ2v) is 5.31. The van der Waals surface area contributed by atoms with Crippen molar-refractivity contribution in [3.63, 3.8) is 0 Å². The third kappa shape index (κ3) is 5.04. The number of amides is 2. The van der Waals surface area contributed by atoms with Crippen LogP contribution in [0.1, 0.15) is 26.7 Å². The first kappa shape index (κ1) is 16.8. The number of piperazine rings is 1. The smallest absolute Gasteiger partial charge is 0.235 e. The highest BCUT2D eigenvalue weighted by molar-refractivity contribution is 5.76. The van der Waals surface area contributed by atoms with E-state index in [0.717, 1.165) is 26.2 Å². The van der Waals surface area contributed by atoms with Crippen LogP contribution < -0.4 is 22.5 Å². The standard InChI is InChI=1S/C12H26N6O2/c1-9(7-11(19)15-13)17-3-5-18(6-4-17)10(2)8-12(20)16-14/h9-10H,3-8,13-14H2,1-2H3,(H,15,19)(H,16,20). The lowest BCUT2D eigenvalue weighted by Crippen LogP contribution is -2.53. The SMILES string of the molecule is CC(CC(=O)NN)N1CCN(C(C)CC(=O)NN)CC1. The van der Waals surface area contributed by atoms with Gasteiger partial charge in [-0.05, 0) is 13.8 Å². The van der Waals surface area contributed by atoms with Gasteiger partial charge in [0.2, 0.25) is 11.8 Å². The number of carbonyl (C=O) groups is 2. The summed E-state index contributed by atoms with van der Waals surface area (Å²) in [5.74, 6) is 9.90. The second-order valence-electron chi connectivity index (χ2n) is 5.31. The van der Waals surface area contributed by atoms with E-state index in [-0.39, 0.29) is 23.9 Å². The minimum absolute atomic E-state index is 0.145. The zero-order valence-electron chi connectivity index (χ0n) is 12.3. The van der Waals surface area contributed by atoms with Gasteiger partial charge in [0.25, 0.3) is 0 Å². The molecule has 20 heavy (non-hydrogen) atoms. The average molecular weight is 286 g/mol. The Morgan fingerprint density at radius 1 is 0.900 bits per heavy atom. The van der Waals surface area contributed by atoms with Crippen LogP contribution in [0.25, 0.3) is 0 Å². The molecule has 0 aromatic heterocycles. The van der Waals surface area contributed by atoms with E-state index in [2.05, 4.69) is 20.7 Å². The third-order valence-electron chi connectivity index (χ3n) is 3.88. The summed E-state index contributed by atoms with van der Waals surface area (Å²) in [6, 6.07) is 0.340. The van der Waals surface area contributed by atoms with Gasteiger partial charge in [-0.25, -0.2) is 11.7 Å². The summed E-state index contributed by atoms with van der Waals surface area (Å²) in [6.45, 7) is 7.58. The Morgan fingerprint density at radius 3 is 1.45 bits per heavy atom. The molecular weight excluding hydrogens is 260 g/mol. The summed E-state index contributed by atoms with van der Waals surface area (Å²) in [6.07, 6.45) is 0.809. The fourth-order valence-electron chi connectivity index (χ4n) is 2.53. The van der Waals surface area contributed by atoms with Gasteiger partial charge in [0.15, 0.2) is 0 Å². The van der Waals surface area contributed by atoms with E-state index < -0.39 is 0 Å². The maximum atomic E-state index is 11.3. The number of carbonyl (C=O) groups excluding carboxylic acids is 2. The number of rotatable bonds is 6. The van der Waals surface area contributed by atoms with Crippen molar-refractivity contribution in [2.24, 2.45) is 11.7 Å². The van der Waals surface area contributed by atoms with Gasteiger partial charge in [0.1, 0.15) is 0 Å². The molecule has 0 aliphatic carbocycles. The zero-order valence-corrected chi connectivity index (χ0v) is 12.3. The van der Waals surface area contributed by atoms with Gasteiger partial charge in [0, 0.05) is 51.1 Å². The molecule has 1 aliphatic rings. The van der Waals surface area contributed by atoms with Crippen molar-refractivity contribution in [3.8, 4) is 0 Å². The average Bonchev–Trinajstić information content (AvgIpc) is 2.46. The minimum atomic E-state index is -0.145. The lowest BCUT2D eigenvalue weighted by Gasteiger charge is -2.40. The fourth-order valence-corrected chi connectivity index (χ4v) is 2.53. The number of hydrazine groups is 2. The number of nitrogens with two attached hydrogens (primary N) is 2. The van der Waals surface area contributed by atoms with Crippen molar-refractivity contribution in [2.45, 2.75) is 38.8 Å². The van der Waals surface area contributed by atoms with E-state index in [0.29, 0.717) is 12.8 Å². The van der Waals surface area contributed by atoms with Gasteiger partial charge >= 0.3 is 0 Å². The summed E-state index contributed by atoms with van der Waals surface area (Å²) in [4.78, 5) is 27.1. The molecule has 6 N–H and O–H groups in total. The van der Waals surface area contributed by atoms with Gasteiger partial charge in [-0.15, -0.1) is 0 Å². The first-order chi connectivity index (χ1) is 9.47. The van der Waals surface area contributed by atoms with Gasteiger partial charge in [0.05, 0.1) is 0 Å². The van der Waals surface area contributed by atoms with Crippen molar-refractivity contribution >= 4 is 11.8 Å². The number of hydrogen-bond donors (Lipinski definition) is 4. The first-order valence-electron chi connectivity index (χ1n) is 6.95. The molecule has 0 aromatic carbocycles. The van der Waals surface area contributed by atoms with Crippen LogP contribution >= 0.6 is 0 Å². The van der Waals surface area contributed by atoms with Gasteiger partial charge in [-0.2, -0.15) is 0 Å². The summed E-state index contributed by atoms with van der Waals surface area (Å²) in [5.41, 5.74) is 4.32. The van der Waals surface area contributed by atoms with Crippen LogP contribution in [0.15, 0.2) is 0 Å². The largest absolute Gasteiger partial charge is 0.298 e. The Labute approximate surface area is 119 Å². The highest BCUT2D eigenvalue weighted by Crippen LogP contribution is 2.12. The van der Waals surface area contributed by atoms with Crippen molar-refractivity contribution < 1.29 is 9.59 Å². The van der Waals surface area contributed by atoms with E-state index in [9.17, 15) is 9.59 Å². The fraction of sp³-hybridized carbons (Fsp3) is 0.833. The first-order valence-corrected chi connectivity index (χ1v) is 6.95. The molecule has 2 amide bonds. The highest BCUT2D eigenvalue weighted by atomic mass is 16.2. The van der Waals surface area contributed by atoms with E-state index in [1.165, 1.54) is 0 Å². The van der Waals surface area contributed by atoms with Crippen LogP contribution in [0.4, 0.5) is 0 Å². The van der Waals surface area contributed by atoms with Crippen molar-refractivity contribution in [3.05, 3.63) is 0 Å². The molecular formula is C12H26N6O2. The van der Waals surface area contributed by atoms with Crippen LogP contribution in [0.3, 0.4) is 0 Å². The molecule has 116 valence electrons. The molecule has 1 heterocycles. The number of nitrogens with zero attached hydrogens (tertiary/aromatic N) is 2. The molecule has 0 spiro atoms. The molecule has 1 saturated heterocycles. The zero-order chi connectivity index (χ0) is 15.1. The Kier molecular flexibility index (Phi) is 6.86. The summed E-state index contributed by atoms with van der Waals surface area (Å²) in [7, 11) is 0. The van der Waals surface area contributed by atoms with E-state index >= 15 is 0 Å². The molecule has 1 fully saturated rings. The molecule has 0 bridgehead atoms. The molecule has 0 radical (unpaired) electrons. The van der Waals surface area contributed by atoms with E-state index in [4.69, 9.17) is 11.7 Å². The molecule has 1 rings (SSSR count). The normalized spacial score (nSPS) is 20.2. The Balaban J connectivity index is 2.35. The highest BCUT2D eigenvalue weighted by Gasteiger charge is 2.25. The van der Waals surface area contributed by atoms with Crippen molar-refractivity contribution in [2.75, 3.05) is 26.2 Å². The lowest BCUT2D eigenvalue weighted by molar-refractivity contribution is -0.123. The predicted octanol–water partition coefficient (Wildman–Crippen LogP) is -1.86. The van der Waals surface area contributed by atoms with Gasteiger partial charge < -0.3 is 0 Å². The Morgan fingerprint density at radius 2 is 1.20 bits per heavy atom. The van der Waals surface area contributed by atoms with E-state index in [1.807, 2.05) is 13.8 Å². The minimum Gasteiger partial charge on any atom is -0.298 e. The quantitative estimate of drug-likeness (QED) is 0.258. The van der Waals surface area contributed by atoms with Crippen molar-refractivity contribution in [1.82, 2.24) is 20.7 Å². The maximum absolute atomic E-state index is 11.3. The van der Waals surface area contributed by atoms with Crippen LogP contribution in [-0.4, -0.2) is 59.9 Å². The second kappa shape index (κ2) is 8.15. The summed E-state index contributed by atoms with van der Waals surface area (Å²) < 4.78 is 0. The van der Waals surface area contributed by atoms with Crippen molar-refractivity contribution in [1.29, 1.82) is 0 Å². The molecule has 2 atom stereocenters. The number of nitrogens with one attached hydrogen (secondary N) is 2. The molecule has 0 aromatic rings. The van der Waals surface area contributed by atoms with Gasteiger partial charge in [-0.3, -0.25) is 30.2 Å². The van der Waals surface area contributed by atoms with Crippen LogP contribution in [0.5, 0.6) is 0 Å². The van der Waals surface area contributed by atoms with Crippen LogP contribution in [0, 0.1) is 0 Å². The Bertz CT molecular complexity index is 298. The van der Waals surface area contributed by atoms with Gasteiger partial charge in [-0.1, -0.05) is 0 Å². The molecule has 8 nitrogen and oxygen atoms in total. The maximum Gasteiger partial charge on any atom is 0.235 e. The van der Waals surface area contributed by atoms with Crippen LogP contribution in [0.2, 0.25) is 0 Å². The van der Waals surface area contributed by atoms with Crippen LogP contribution in [-0.2, 0) is 9.59 Å². The Hall–Kier alpha value is -1.22. The topological polar surface area (TPSA) is 117 Å². The molecule has 0 saturated carbocycles.